The maximum Gasteiger partial charge on any atom is 0.232 e. The highest BCUT2D eigenvalue weighted by Crippen LogP contribution is 2.27. The predicted molar refractivity (Wildman–Crippen MR) is 86.4 cm³/mol. The first-order valence-electron chi connectivity index (χ1n) is 6.42. The normalized spacial score (nSPS) is 20.4. The van der Waals surface area contributed by atoms with Crippen LogP contribution in [0.5, 0.6) is 0 Å². The Morgan fingerprint density at radius 3 is 2.81 bits per heavy atom. The Hall–Kier alpha value is -0.920. The first-order chi connectivity index (χ1) is 9.78. The lowest BCUT2D eigenvalue weighted by atomic mass is 10.2. The van der Waals surface area contributed by atoms with Gasteiger partial charge < -0.3 is 10.6 Å². The van der Waals surface area contributed by atoms with Crippen LogP contribution in [0.15, 0.2) is 23.1 Å². The molecule has 1 saturated heterocycles. The highest BCUT2D eigenvalue weighted by Gasteiger charge is 2.32. The van der Waals surface area contributed by atoms with E-state index < -0.39 is 9.84 Å². The van der Waals surface area contributed by atoms with Crippen molar-refractivity contribution in [2.75, 3.05) is 30.0 Å². The lowest BCUT2D eigenvalue weighted by Gasteiger charge is -2.23. The SMILES string of the molecule is CN(C(=O)CSc1ccc(N)c(Cl)c1)C1CCS(=O)(=O)C1. The molecule has 1 aliphatic rings. The van der Waals surface area contributed by atoms with Crippen LogP contribution in [0.1, 0.15) is 6.42 Å². The third-order valence-corrected chi connectivity index (χ3v) is 6.54. The molecule has 0 spiro atoms. The van der Waals surface area contributed by atoms with E-state index in [-0.39, 0.29) is 29.2 Å². The standard InChI is InChI=1S/C13H17ClN2O3S2/c1-16(9-4-5-21(18,19)8-9)13(17)7-20-10-2-3-12(15)11(14)6-10/h2-3,6,9H,4-5,7-8,15H2,1H3. The summed E-state index contributed by atoms with van der Waals surface area (Å²) >= 11 is 7.28. The van der Waals surface area contributed by atoms with Crippen molar-refractivity contribution in [3.8, 4) is 0 Å². The maximum atomic E-state index is 12.1. The van der Waals surface area contributed by atoms with E-state index in [2.05, 4.69) is 0 Å². The van der Waals surface area contributed by atoms with Gasteiger partial charge in [-0.1, -0.05) is 11.6 Å². The third-order valence-electron chi connectivity index (χ3n) is 3.48. The third kappa shape index (κ3) is 4.28. The van der Waals surface area contributed by atoms with E-state index in [4.69, 9.17) is 17.3 Å². The molecule has 1 amide bonds. The molecule has 1 unspecified atom stereocenters. The van der Waals surface area contributed by atoms with Crippen molar-refractivity contribution < 1.29 is 13.2 Å². The smallest absolute Gasteiger partial charge is 0.232 e. The zero-order valence-electron chi connectivity index (χ0n) is 11.6. The predicted octanol–water partition coefficient (Wildman–Crippen LogP) is 1.66. The second-order valence-corrected chi connectivity index (χ2v) is 8.72. The van der Waals surface area contributed by atoms with Gasteiger partial charge in [0.05, 0.1) is 28.0 Å². The molecule has 2 N–H and O–H groups in total. The van der Waals surface area contributed by atoms with Crippen molar-refractivity contribution in [3.63, 3.8) is 0 Å². The number of nitrogens with two attached hydrogens (primary N) is 1. The first kappa shape index (κ1) is 16.5. The summed E-state index contributed by atoms with van der Waals surface area (Å²) in [6.07, 6.45) is 0.517. The van der Waals surface area contributed by atoms with Gasteiger partial charge in [0.15, 0.2) is 9.84 Å². The molecule has 21 heavy (non-hydrogen) atoms. The van der Waals surface area contributed by atoms with Crippen molar-refractivity contribution in [1.29, 1.82) is 0 Å². The van der Waals surface area contributed by atoms with Crippen LogP contribution in [0.2, 0.25) is 5.02 Å². The fourth-order valence-corrected chi connectivity index (χ4v) is 5.01. The van der Waals surface area contributed by atoms with E-state index in [1.807, 2.05) is 0 Å². The van der Waals surface area contributed by atoms with Crippen LogP contribution in [0.4, 0.5) is 5.69 Å². The van der Waals surface area contributed by atoms with E-state index in [9.17, 15) is 13.2 Å². The van der Waals surface area contributed by atoms with Crippen LogP contribution in [0.3, 0.4) is 0 Å². The summed E-state index contributed by atoms with van der Waals surface area (Å²) in [5.41, 5.74) is 6.13. The number of carbonyl (C=O) groups is 1. The van der Waals surface area contributed by atoms with Gasteiger partial charge >= 0.3 is 0 Å². The molecule has 0 saturated carbocycles. The number of hydrogen-bond donors (Lipinski definition) is 1. The molecule has 1 aliphatic heterocycles. The minimum Gasteiger partial charge on any atom is -0.398 e. The van der Waals surface area contributed by atoms with E-state index in [0.717, 1.165) is 4.90 Å². The number of nitrogen functional groups attached to an aromatic ring is 1. The van der Waals surface area contributed by atoms with Gasteiger partial charge in [0.25, 0.3) is 0 Å². The Kier molecular flexibility index (Phi) is 5.06. The van der Waals surface area contributed by atoms with Crippen LogP contribution >= 0.6 is 23.4 Å². The largest absolute Gasteiger partial charge is 0.398 e. The monoisotopic (exact) mass is 348 g/mol. The number of nitrogens with zero attached hydrogens (tertiary/aromatic N) is 1. The Labute approximate surface area is 133 Å². The molecule has 1 aromatic carbocycles. The van der Waals surface area contributed by atoms with Crippen molar-refractivity contribution in [2.45, 2.75) is 17.4 Å². The molecule has 8 heteroatoms. The minimum atomic E-state index is -2.98. The van der Waals surface area contributed by atoms with Gasteiger partial charge in [0.2, 0.25) is 5.91 Å². The van der Waals surface area contributed by atoms with Gasteiger partial charge in [-0.2, -0.15) is 0 Å². The molecule has 1 aromatic rings. The number of amides is 1. The van der Waals surface area contributed by atoms with E-state index >= 15 is 0 Å². The lowest BCUT2D eigenvalue weighted by molar-refractivity contribution is -0.128. The van der Waals surface area contributed by atoms with Crippen molar-refractivity contribution in [2.24, 2.45) is 0 Å². The fourth-order valence-electron chi connectivity index (χ4n) is 2.13. The number of hydrogen-bond acceptors (Lipinski definition) is 5. The summed E-state index contributed by atoms with van der Waals surface area (Å²) in [7, 11) is -1.33. The van der Waals surface area contributed by atoms with E-state index in [0.29, 0.717) is 17.1 Å². The molecule has 0 radical (unpaired) electrons. The van der Waals surface area contributed by atoms with Crippen LogP contribution in [-0.4, -0.2) is 49.6 Å². The molecule has 5 nitrogen and oxygen atoms in total. The average molecular weight is 349 g/mol. The summed E-state index contributed by atoms with van der Waals surface area (Å²) in [4.78, 5) is 14.5. The Bertz CT molecular complexity index is 649. The van der Waals surface area contributed by atoms with Gasteiger partial charge in [-0.25, -0.2) is 8.42 Å². The average Bonchev–Trinajstić information content (AvgIpc) is 2.79. The molecule has 0 bridgehead atoms. The highest BCUT2D eigenvalue weighted by atomic mass is 35.5. The quantitative estimate of drug-likeness (QED) is 0.661. The molecular weight excluding hydrogens is 332 g/mol. The van der Waals surface area contributed by atoms with Gasteiger partial charge in [0, 0.05) is 18.0 Å². The van der Waals surface area contributed by atoms with Crippen LogP contribution in [0.25, 0.3) is 0 Å². The molecule has 0 aromatic heterocycles. The topological polar surface area (TPSA) is 80.5 Å². The number of sulfone groups is 1. The zero-order valence-corrected chi connectivity index (χ0v) is 14.0. The van der Waals surface area contributed by atoms with Gasteiger partial charge in [-0.3, -0.25) is 4.79 Å². The number of anilines is 1. The summed E-state index contributed by atoms with van der Waals surface area (Å²) in [5, 5.41) is 0.461. The molecule has 1 heterocycles. The van der Waals surface area contributed by atoms with Crippen molar-refractivity contribution >= 4 is 44.8 Å². The summed E-state index contributed by atoms with van der Waals surface area (Å²) in [6.45, 7) is 0. The Balaban J connectivity index is 1.91. The second kappa shape index (κ2) is 6.46. The second-order valence-electron chi connectivity index (χ2n) is 5.03. The van der Waals surface area contributed by atoms with Gasteiger partial charge in [0.1, 0.15) is 0 Å². The lowest BCUT2D eigenvalue weighted by Crippen LogP contribution is -2.38. The number of rotatable bonds is 4. The number of carbonyl (C=O) groups excluding carboxylic acids is 1. The Morgan fingerprint density at radius 1 is 1.52 bits per heavy atom. The summed E-state index contributed by atoms with van der Waals surface area (Å²) in [5.74, 6) is 0.381. The molecule has 1 fully saturated rings. The van der Waals surface area contributed by atoms with Gasteiger partial charge in [-0.05, 0) is 24.6 Å². The number of halogens is 1. The number of benzene rings is 1. The van der Waals surface area contributed by atoms with Crippen LogP contribution in [0, 0.1) is 0 Å². The maximum absolute atomic E-state index is 12.1. The fraction of sp³-hybridized carbons (Fsp3) is 0.462. The number of thioether (sulfide) groups is 1. The van der Waals surface area contributed by atoms with E-state index in [1.165, 1.54) is 16.7 Å². The first-order valence-corrected chi connectivity index (χ1v) is 9.61. The van der Waals surface area contributed by atoms with Gasteiger partial charge in [-0.15, -0.1) is 11.8 Å². The Morgan fingerprint density at radius 2 is 2.24 bits per heavy atom. The highest BCUT2D eigenvalue weighted by molar-refractivity contribution is 8.00. The molecule has 1 atom stereocenters. The minimum absolute atomic E-state index is 0.0631. The zero-order chi connectivity index (χ0) is 15.6. The summed E-state index contributed by atoms with van der Waals surface area (Å²) in [6, 6.07) is 5.01. The molecule has 2 rings (SSSR count). The molecular formula is C13H17ClN2O3S2. The van der Waals surface area contributed by atoms with Crippen molar-refractivity contribution in [1.82, 2.24) is 4.90 Å². The summed E-state index contributed by atoms with van der Waals surface area (Å²) < 4.78 is 22.9. The molecule has 116 valence electrons. The van der Waals surface area contributed by atoms with Crippen LogP contribution < -0.4 is 5.73 Å². The van der Waals surface area contributed by atoms with E-state index in [1.54, 1.807) is 25.2 Å². The van der Waals surface area contributed by atoms with Crippen LogP contribution in [-0.2, 0) is 14.6 Å². The molecule has 0 aliphatic carbocycles. The van der Waals surface area contributed by atoms with Crippen molar-refractivity contribution in [3.05, 3.63) is 23.2 Å².